The van der Waals surface area contributed by atoms with Gasteiger partial charge in [0.25, 0.3) is 0 Å². The summed E-state index contributed by atoms with van der Waals surface area (Å²) in [5.41, 5.74) is 0.391. The molecule has 0 aromatic rings. The molecule has 1 aliphatic heterocycles. The number of rotatable bonds is 3. The Morgan fingerprint density at radius 2 is 2.15 bits per heavy atom. The van der Waals surface area contributed by atoms with Crippen molar-refractivity contribution in [1.29, 1.82) is 0 Å². The van der Waals surface area contributed by atoms with Gasteiger partial charge in [-0.05, 0) is 45.2 Å². The Balaban J connectivity index is 1.71. The fraction of sp³-hybridized carbons (Fsp3) is 1.00. The minimum atomic E-state index is 0.391. The SMILES string of the molecule is CC1(NCC2CCCC2)CCNC1. The predicted octanol–water partition coefficient (Wildman–Crippen LogP) is 1.52. The lowest BCUT2D eigenvalue weighted by atomic mass is 9.99. The zero-order valence-corrected chi connectivity index (χ0v) is 8.73. The van der Waals surface area contributed by atoms with Gasteiger partial charge in [-0.25, -0.2) is 0 Å². The van der Waals surface area contributed by atoms with Gasteiger partial charge >= 0.3 is 0 Å². The van der Waals surface area contributed by atoms with Crippen LogP contribution in [0.2, 0.25) is 0 Å². The molecule has 2 aliphatic rings. The first-order valence-corrected chi connectivity index (χ1v) is 5.74. The van der Waals surface area contributed by atoms with Crippen LogP contribution in [-0.4, -0.2) is 25.2 Å². The summed E-state index contributed by atoms with van der Waals surface area (Å²) in [6.07, 6.45) is 7.12. The molecule has 0 spiro atoms. The zero-order valence-electron chi connectivity index (χ0n) is 8.73. The monoisotopic (exact) mass is 182 g/mol. The molecule has 1 atom stereocenters. The van der Waals surface area contributed by atoms with Crippen LogP contribution in [0.15, 0.2) is 0 Å². The minimum absolute atomic E-state index is 0.391. The molecule has 1 unspecified atom stereocenters. The Morgan fingerprint density at radius 3 is 2.77 bits per heavy atom. The molecular weight excluding hydrogens is 160 g/mol. The summed E-state index contributed by atoms with van der Waals surface area (Å²) >= 11 is 0. The molecule has 2 nitrogen and oxygen atoms in total. The number of hydrogen-bond donors (Lipinski definition) is 2. The molecule has 0 amide bonds. The third-order valence-corrected chi connectivity index (χ3v) is 3.66. The molecular formula is C11H22N2. The zero-order chi connectivity index (χ0) is 9.15. The van der Waals surface area contributed by atoms with Crippen molar-refractivity contribution < 1.29 is 0 Å². The van der Waals surface area contributed by atoms with E-state index in [1.807, 2.05) is 0 Å². The largest absolute Gasteiger partial charge is 0.315 e. The molecule has 0 aromatic carbocycles. The van der Waals surface area contributed by atoms with Crippen LogP contribution in [-0.2, 0) is 0 Å². The Bertz CT molecular complexity index is 155. The molecule has 2 heteroatoms. The maximum absolute atomic E-state index is 3.74. The number of nitrogens with one attached hydrogen (secondary N) is 2. The van der Waals surface area contributed by atoms with Crippen molar-refractivity contribution in [2.45, 2.75) is 44.6 Å². The lowest BCUT2D eigenvalue weighted by molar-refractivity contribution is 0.348. The van der Waals surface area contributed by atoms with Crippen molar-refractivity contribution in [3.63, 3.8) is 0 Å². The fourth-order valence-corrected chi connectivity index (χ4v) is 2.57. The lowest BCUT2D eigenvalue weighted by Gasteiger charge is -2.26. The van der Waals surface area contributed by atoms with Gasteiger partial charge in [-0.15, -0.1) is 0 Å². The van der Waals surface area contributed by atoms with Gasteiger partial charge in [0.05, 0.1) is 0 Å². The molecule has 0 radical (unpaired) electrons. The second-order valence-electron chi connectivity index (χ2n) is 5.02. The van der Waals surface area contributed by atoms with Gasteiger partial charge in [0.2, 0.25) is 0 Å². The highest BCUT2D eigenvalue weighted by Gasteiger charge is 2.28. The maximum Gasteiger partial charge on any atom is 0.0290 e. The van der Waals surface area contributed by atoms with Crippen LogP contribution in [0, 0.1) is 5.92 Å². The molecule has 2 N–H and O–H groups in total. The molecule has 76 valence electrons. The van der Waals surface area contributed by atoms with Crippen LogP contribution >= 0.6 is 0 Å². The smallest absolute Gasteiger partial charge is 0.0290 e. The average Bonchev–Trinajstić information content (AvgIpc) is 2.72. The van der Waals surface area contributed by atoms with Crippen molar-refractivity contribution in [1.82, 2.24) is 10.6 Å². The molecule has 0 bridgehead atoms. The predicted molar refractivity (Wildman–Crippen MR) is 55.9 cm³/mol. The second-order valence-corrected chi connectivity index (χ2v) is 5.02. The standard InChI is InChI=1S/C11H22N2/c1-11(6-7-12-9-11)13-8-10-4-2-3-5-10/h10,12-13H,2-9H2,1H3. The maximum atomic E-state index is 3.74. The topological polar surface area (TPSA) is 24.1 Å². The lowest BCUT2D eigenvalue weighted by Crippen LogP contribution is -2.45. The van der Waals surface area contributed by atoms with E-state index in [2.05, 4.69) is 17.6 Å². The summed E-state index contributed by atoms with van der Waals surface area (Å²) in [5.74, 6) is 0.970. The Hall–Kier alpha value is -0.0800. The normalized spacial score (nSPS) is 35.8. The Morgan fingerprint density at radius 1 is 1.38 bits per heavy atom. The van der Waals surface area contributed by atoms with Crippen LogP contribution in [0.25, 0.3) is 0 Å². The highest BCUT2D eigenvalue weighted by atomic mass is 15.1. The van der Waals surface area contributed by atoms with E-state index >= 15 is 0 Å². The molecule has 2 fully saturated rings. The van der Waals surface area contributed by atoms with Crippen LogP contribution in [0.3, 0.4) is 0 Å². The van der Waals surface area contributed by atoms with E-state index in [1.165, 1.54) is 45.2 Å². The van der Waals surface area contributed by atoms with Gasteiger partial charge in [-0.1, -0.05) is 12.8 Å². The van der Waals surface area contributed by atoms with Crippen molar-refractivity contribution in [3.05, 3.63) is 0 Å². The summed E-state index contributed by atoms with van der Waals surface area (Å²) < 4.78 is 0. The van der Waals surface area contributed by atoms with E-state index in [-0.39, 0.29) is 0 Å². The van der Waals surface area contributed by atoms with Crippen molar-refractivity contribution in [2.75, 3.05) is 19.6 Å². The van der Waals surface area contributed by atoms with E-state index in [1.54, 1.807) is 0 Å². The van der Waals surface area contributed by atoms with Crippen LogP contribution in [0.4, 0.5) is 0 Å². The molecule has 2 rings (SSSR count). The number of hydrogen-bond acceptors (Lipinski definition) is 2. The molecule has 0 aromatic heterocycles. The highest BCUT2D eigenvalue weighted by molar-refractivity contribution is 4.92. The van der Waals surface area contributed by atoms with Gasteiger partial charge in [0, 0.05) is 12.1 Å². The summed E-state index contributed by atoms with van der Waals surface area (Å²) in [4.78, 5) is 0. The van der Waals surface area contributed by atoms with Gasteiger partial charge in [0.15, 0.2) is 0 Å². The minimum Gasteiger partial charge on any atom is -0.315 e. The molecule has 1 aliphatic carbocycles. The third kappa shape index (κ3) is 2.44. The average molecular weight is 182 g/mol. The Kier molecular flexibility index (Phi) is 2.89. The quantitative estimate of drug-likeness (QED) is 0.691. The second kappa shape index (κ2) is 3.97. The molecule has 1 saturated heterocycles. The Labute approximate surface area is 81.5 Å². The molecule has 1 heterocycles. The van der Waals surface area contributed by atoms with E-state index in [9.17, 15) is 0 Å². The van der Waals surface area contributed by atoms with Gasteiger partial charge < -0.3 is 10.6 Å². The summed E-state index contributed by atoms with van der Waals surface area (Å²) in [7, 11) is 0. The summed E-state index contributed by atoms with van der Waals surface area (Å²) in [5, 5.41) is 7.16. The highest BCUT2D eigenvalue weighted by Crippen LogP contribution is 2.25. The third-order valence-electron chi connectivity index (χ3n) is 3.66. The van der Waals surface area contributed by atoms with Crippen molar-refractivity contribution in [3.8, 4) is 0 Å². The first-order chi connectivity index (χ1) is 6.29. The summed E-state index contributed by atoms with van der Waals surface area (Å²) in [6, 6.07) is 0. The van der Waals surface area contributed by atoms with Gasteiger partial charge in [-0.2, -0.15) is 0 Å². The van der Waals surface area contributed by atoms with Crippen LogP contribution in [0.1, 0.15) is 39.0 Å². The van der Waals surface area contributed by atoms with Crippen LogP contribution in [0.5, 0.6) is 0 Å². The molecule has 1 saturated carbocycles. The van der Waals surface area contributed by atoms with E-state index < -0.39 is 0 Å². The fourth-order valence-electron chi connectivity index (χ4n) is 2.57. The van der Waals surface area contributed by atoms with Crippen LogP contribution < -0.4 is 10.6 Å². The van der Waals surface area contributed by atoms with E-state index in [4.69, 9.17) is 0 Å². The van der Waals surface area contributed by atoms with E-state index in [0.29, 0.717) is 5.54 Å². The van der Waals surface area contributed by atoms with E-state index in [0.717, 1.165) is 12.5 Å². The van der Waals surface area contributed by atoms with Gasteiger partial charge in [0.1, 0.15) is 0 Å². The summed E-state index contributed by atoms with van der Waals surface area (Å²) in [6.45, 7) is 5.94. The van der Waals surface area contributed by atoms with Crippen molar-refractivity contribution >= 4 is 0 Å². The van der Waals surface area contributed by atoms with Crippen molar-refractivity contribution in [2.24, 2.45) is 5.92 Å². The first-order valence-electron chi connectivity index (χ1n) is 5.74. The molecule has 13 heavy (non-hydrogen) atoms. The first kappa shape index (κ1) is 9.47. The van der Waals surface area contributed by atoms with Gasteiger partial charge in [-0.3, -0.25) is 0 Å².